The van der Waals surface area contributed by atoms with Gasteiger partial charge in [-0.1, -0.05) is 70.3 Å². The lowest BCUT2D eigenvalue weighted by Crippen LogP contribution is -2.06. The molecule has 0 amide bonds. The SMILES string of the molecule is Cc1ccc(-c2cc(-n3c4ccc(C)cc4c4cc(C)ccc43)c(-n3c4ccc(C)cc4c4cc(C)ccc43)cc2C#N)c(C)c1. The Morgan fingerprint density at radius 1 is 0.413 bits per heavy atom. The van der Waals surface area contributed by atoms with Gasteiger partial charge in [-0.2, -0.15) is 5.26 Å². The zero-order valence-electron chi connectivity index (χ0n) is 27.2. The number of aromatic nitrogens is 2. The smallest absolute Gasteiger partial charge is 0.0998 e. The lowest BCUT2D eigenvalue weighted by Gasteiger charge is -2.20. The summed E-state index contributed by atoms with van der Waals surface area (Å²) < 4.78 is 4.78. The summed E-state index contributed by atoms with van der Waals surface area (Å²) in [6, 6.07) is 40.4. The Morgan fingerprint density at radius 3 is 1.17 bits per heavy atom. The van der Waals surface area contributed by atoms with Crippen molar-refractivity contribution in [1.29, 1.82) is 5.26 Å². The Balaban J connectivity index is 1.59. The van der Waals surface area contributed by atoms with Gasteiger partial charge in [-0.25, -0.2) is 0 Å². The molecule has 0 atom stereocenters. The summed E-state index contributed by atoms with van der Waals surface area (Å²) in [5, 5.41) is 15.6. The molecule has 0 aliphatic carbocycles. The second kappa shape index (κ2) is 10.2. The maximum atomic E-state index is 10.7. The van der Waals surface area contributed by atoms with Crippen LogP contribution in [0.25, 0.3) is 66.1 Å². The van der Waals surface area contributed by atoms with E-state index >= 15 is 0 Å². The maximum Gasteiger partial charge on any atom is 0.0998 e. The van der Waals surface area contributed by atoms with Crippen LogP contribution < -0.4 is 0 Å². The molecule has 0 aliphatic rings. The molecular weight excluding hydrogens is 558 g/mol. The largest absolute Gasteiger partial charge is 0.307 e. The minimum absolute atomic E-state index is 0.660. The molecule has 0 unspecified atom stereocenters. The summed E-state index contributed by atoms with van der Waals surface area (Å²) in [4.78, 5) is 0. The van der Waals surface area contributed by atoms with E-state index in [0.717, 1.165) is 50.1 Å². The van der Waals surface area contributed by atoms with Gasteiger partial charge in [0.1, 0.15) is 0 Å². The van der Waals surface area contributed by atoms with E-state index in [-0.39, 0.29) is 0 Å². The normalized spacial score (nSPS) is 11.7. The first kappa shape index (κ1) is 27.9. The van der Waals surface area contributed by atoms with Gasteiger partial charge in [-0.15, -0.1) is 0 Å². The Kier molecular flexibility index (Phi) is 6.21. The van der Waals surface area contributed by atoms with E-state index in [1.807, 2.05) is 0 Å². The van der Waals surface area contributed by atoms with E-state index in [1.165, 1.54) is 49.4 Å². The van der Waals surface area contributed by atoms with Crippen LogP contribution in [0.3, 0.4) is 0 Å². The standard InChI is InChI=1S/C43H35N3/c1-25-7-12-32(30(6)17-25)33-23-43(46-40-15-10-28(4)20-36(40)37-21-29(5)11-16-41(37)46)42(22-31(33)24-44)45-38-13-8-26(2)18-34(38)35-19-27(3)9-14-39(35)45/h7-23H,1-6H3. The van der Waals surface area contributed by atoms with Crippen LogP contribution in [0.4, 0.5) is 0 Å². The number of hydrogen-bond donors (Lipinski definition) is 0. The first-order valence-electron chi connectivity index (χ1n) is 15.9. The second-order valence-electron chi connectivity index (χ2n) is 13.1. The van der Waals surface area contributed by atoms with E-state index in [1.54, 1.807) is 0 Å². The molecule has 0 bridgehead atoms. The van der Waals surface area contributed by atoms with E-state index in [2.05, 4.69) is 160 Å². The molecule has 0 spiro atoms. The molecular formula is C43H35N3. The van der Waals surface area contributed by atoms with Crippen molar-refractivity contribution in [3.05, 3.63) is 142 Å². The first-order chi connectivity index (χ1) is 22.2. The molecule has 0 N–H and O–H groups in total. The van der Waals surface area contributed by atoms with Crippen LogP contribution in [0.2, 0.25) is 0 Å². The van der Waals surface area contributed by atoms with Crippen molar-refractivity contribution in [2.24, 2.45) is 0 Å². The number of nitriles is 1. The maximum absolute atomic E-state index is 10.7. The minimum Gasteiger partial charge on any atom is -0.307 e. The zero-order chi connectivity index (χ0) is 31.9. The third-order valence-electron chi connectivity index (χ3n) is 9.54. The van der Waals surface area contributed by atoms with Gasteiger partial charge in [0, 0.05) is 27.1 Å². The summed E-state index contributed by atoms with van der Waals surface area (Å²) in [5.41, 5.74) is 16.6. The molecule has 0 aliphatic heterocycles. The third-order valence-corrected chi connectivity index (χ3v) is 9.54. The van der Waals surface area contributed by atoms with Gasteiger partial charge >= 0.3 is 0 Å². The van der Waals surface area contributed by atoms with Gasteiger partial charge in [0.2, 0.25) is 0 Å². The predicted molar refractivity (Wildman–Crippen MR) is 194 cm³/mol. The van der Waals surface area contributed by atoms with Gasteiger partial charge in [-0.05, 0) is 113 Å². The average Bonchev–Trinajstić information content (AvgIpc) is 3.51. The highest BCUT2D eigenvalue weighted by atomic mass is 15.1. The van der Waals surface area contributed by atoms with Crippen molar-refractivity contribution in [3.63, 3.8) is 0 Å². The first-order valence-corrected chi connectivity index (χ1v) is 15.9. The van der Waals surface area contributed by atoms with Crippen LogP contribution in [0, 0.1) is 52.9 Å². The number of nitrogens with zero attached hydrogens (tertiary/aromatic N) is 3. The van der Waals surface area contributed by atoms with E-state index < -0.39 is 0 Å². The van der Waals surface area contributed by atoms with E-state index in [0.29, 0.717) is 5.56 Å². The van der Waals surface area contributed by atoms with Crippen molar-refractivity contribution in [2.45, 2.75) is 41.5 Å². The van der Waals surface area contributed by atoms with Gasteiger partial charge in [0.15, 0.2) is 0 Å². The fourth-order valence-electron chi connectivity index (χ4n) is 7.39. The summed E-state index contributed by atoms with van der Waals surface area (Å²) in [5.74, 6) is 0. The van der Waals surface area contributed by atoms with Crippen LogP contribution in [0.15, 0.2) is 103 Å². The molecule has 2 heterocycles. The number of fused-ring (bicyclic) bond motifs is 6. The van der Waals surface area contributed by atoms with E-state index in [9.17, 15) is 5.26 Å². The third kappa shape index (κ3) is 4.18. The summed E-state index contributed by atoms with van der Waals surface area (Å²) in [6.45, 7) is 12.9. The zero-order valence-corrected chi connectivity index (χ0v) is 27.2. The van der Waals surface area contributed by atoms with Gasteiger partial charge in [0.25, 0.3) is 0 Å². The number of hydrogen-bond acceptors (Lipinski definition) is 1. The molecule has 3 nitrogen and oxygen atoms in total. The van der Waals surface area contributed by atoms with Crippen molar-refractivity contribution in [3.8, 4) is 28.6 Å². The Hall–Kier alpha value is -5.59. The molecule has 0 radical (unpaired) electrons. The van der Waals surface area contributed by atoms with Crippen molar-refractivity contribution in [2.75, 3.05) is 0 Å². The van der Waals surface area contributed by atoms with Gasteiger partial charge in [0.05, 0.1) is 45.1 Å². The van der Waals surface area contributed by atoms with Crippen LogP contribution in [0.1, 0.15) is 38.9 Å². The Morgan fingerprint density at radius 2 is 0.783 bits per heavy atom. The molecule has 46 heavy (non-hydrogen) atoms. The fraction of sp³-hybridized carbons (Fsp3) is 0.140. The number of aryl methyl sites for hydroxylation is 6. The summed E-state index contributed by atoms with van der Waals surface area (Å²) >= 11 is 0. The summed E-state index contributed by atoms with van der Waals surface area (Å²) in [7, 11) is 0. The Labute approximate surface area is 269 Å². The monoisotopic (exact) mass is 593 g/mol. The lowest BCUT2D eigenvalue weighted by atomic mass is 9.94. The molecule has 6 aromatic carbocycles. The molecule has 0 fully saturated rings. The van der Waals surface area contributed by atoms with Crippen LogP contribution >= 0.6 is 0 Å². The van der Waals surface area contributed by atoms with Crippen LogP contribution in [0.5, 0.6) is 0 Å². The fourth-order valence-corrected chi connectivity index (χ4v) is 7.39. The van der Waals surface area contributed by atoms with Crippen molar-refractivity contribution >= 4 is 43.6 Å². The quantitative estimate of drug-likeness (QED) is 0.201. The number of rotatable bonds is 3. The summed E-state index contributed by atoms with van der Waals surface area (Å²) in [6.07, 6.45) is 0. The highest BCUT2D eigenvalue weighted by Crippen LogP contribution is 2.42. The average molecular weight is 594 g/mol. The molecule has 8 aromatic rings. The van der Waals surface area contributed by atoms with Crippen LogP contribution in [-0.4, -0.2) is 9.13 Å². The molecule has 0 saturated carbocycles. The van der Waals surface area contributed by atoms with Crippen LogP contribution in [-0.2, 0) is 0 Å². The predicted octanol–water partition coefficient (Wildman–Crippen LogP) is 11.3. The molecule has 2 aromatic heterocycles. The number of benzene rings is 6. The highest BCUT2D eigenvalue weighted by molar-refractivity contribution is 6.12. The Bertz CT molecular complexity index is 2480. The van der Waals surface area contributed by atoms with Gasteiger partial charge < -0.3 is 9.13 Å². The molecule has 3 heteroatoms. The highest BCUT2D eigenvalue weighted by Gasteiger charge is 2.23. The molecule has 0 saturated heterocycles. The van der Waals surface area contributed by atoms with Crippen molar-refractivity contribution in [1.82, 2.24) is 9.13 Å². The minimum atomic E-state index is 0.660. The van der Waals surface area contributed by atoms with Crippen molar-refractivity contribution < 1.29 is 0 Å². The molecule has 222 valence electrons. The molecule has 8 rings (SSSR count). The topological polar surface area (TPSA) is 33.6 Å². The lowest BCUT2D eigenvalue weighted by molar-refractivity contribution is 1.09. The van der Waals surface area contributed by atoms with E-state index in [4.69, 9.17) is 0 Å². The second-order valence-corrected chi connectivity index (χ2v) is 13.1. The van der Waals surface area contributed by atoms with Gasteiger partial charge in [-0.3, -0.25) is 0 Å².